The molecule has 0 saturated carbocycles. The van der Waals surface area contributed by atoms with Crippen LogP contribution in [0.3, 0.4) is 0 Å². The molecule has 0 N–H and O–H groups in total. The summed E-state index contributed by atoms with van der Waals surface area (Å²) in [4.78, 5) is 23.5. The highest BCUT2D eigenvalue weighted by molar-refractivity contribution is 5.57. The number of hydrogen-bond acceptors (Lipinski definition) is 6. The van der Waals surface area contributed by atoms with E-state index in [1.807, 2.05) is 23.1 Å². The summed E-state index contributed by atoms with van der Waals surface area (Å²) in [5.74, 6) is 0.463. The number of aromatic nitrogens is 2. The molecule has 7 nitrogen and oxygen atoms in total. The Morgan fingerprint density at radius 2 is 1.82 bits per heavy atom. The second-order valence-electron chi connectivity index (χ2n) is 5.19. The molecule has 2 aromatic heterocycles. The third kappa shape index (κ3) is 3.20. The zero-order chi connectivity index (χ0) is 15.4. The van der Waals surface area contributed by atoms with Crippen molar-refractivity contribution in [3.63, 3.8) is 0 Å². The standard InChI is InChI=1S/C15H17N5O2/c21-20(22)14-5-3-7-17-15(14)19-10-8-18(9-11-19)12-13-4-1-2-6-16-13/h1-7H,8-12H2. The number of nitro groups is 1. The smallest absolute Gasteiger partial charge is 0.311 e. The van der Waals surface area contributed by atoms with Gasteiger partial charge in [-0.05, 0) is 18.2 Å². The topological polar surface area (TPSA) is 75.4 Å². The first-order valence-electron chi connectivity index (χ1n) is 7.20. The lowest BCUT2D eigenvalue weighted by Crippen LogP contribution is -2.46. The van der Waals surface area contributed by atoms with Crippen LogP contribution in [0.4, 0.5) is 11.5 Å². The monoisotopic (exact) mass is 299 g/mol. The average Bonchev–Trinajstić information content (AvgIpc) is 2.56. The minimum atomic E-state index is -0.372. The van der Waals surface area contributed by atoms with Crippen LogP contribution in [0.5, 0.6) is 0 Å². The van der Waals surface area contributed by atoms with Crippen molar-refractivity contribution in [3.05, 3.63) is 58.5 Å². The van der Waals surface area contributed by atoms with Crippen LogP contribution in [-0.2, 0) is 6.54 Å². The third-order valence-corrected chi connectivity index (χ3v) is 3.75. The van der Waals surface area contributed by atoms with Crippen molar-refractivity contribution in [1.82, 2.24) is 14.9 Å². The van der Waals surface area contributed by atoms with Gasteiger partial charge in [0, 0.05) is 51.2 Å². The van der Waals surface area contributed by atoms with Crippen LogP contribution in [0.25, 0.3) is 0 Å². The maximum absolute atomic E-state index is 11.1. The number of nitrogens with zero attached hydrogens (tertiary/aromatic N) is 5. The van der Waals surface area contributed by atoms with Crippen molar-refractivity contribution in [3.8, 4) is 0 Å². The summed E-state index contributed by atoms with van der Waals surface area (Å²) in [6.07, 6.45) is 3.39. The predicted molar refractivity (Wildman–Crippen MR) is 82.6 cm³/mol. The van der Waals surface area contributed by atoms with Crippen molar-refractivity contribution in [2.45, 2.75) is 6.54 Å². The van der Waals surface area contributed by atoms with Crippen LogP contribution in [-0.4, -0.2) is 46.0 Å². The molecule has 0 unspecified atom stereocenters. The van der Waals surface area contributed by atoms with Crippen molar-refractivity contribution < 1.29 is 4.92 Å². The molecule has 3 rings (SSSR count). The number of hydrogen-bond donors (Lipinski definition) is 0. The third-order valence-electron chi connectivity index (χ3n) is 3.75. The van der Waals surface area contributed by atoms with Crippen molar-refractivity contribution in [2.24, 2.45) is 0 Å². The van der Waals surface area contributed by atoms with Gasteiger partial charge in [0.05, 0.1) is 10.6 Å². The Hall–Kier alpha value is -2.54. The van der Waals surface area contributed by atoms with Crippen LogP contribution in [0, 0.1) is 10.1 Å². The van der Waals surface area contributed by atoms with E-state index in [1.165, 1.54) is 6.07 Å². The van der Waals surface area contributed by atoms with Crippen LogP contribution in [0.15, 0.2) is 42.7 Å². The van der Waals surface area contributed by atoms with E-state index in [-0.39, 0.29) is 10.6 Å². The summed E-state index contributed by atoms with van der Waals surface area (Å²) >= 11 is 0. The molecule has 1 aliphatic rings. The van der Waals surface area contributed by atoms with Crippen molar-refractivity contribution in [1.29, 1.82) is 0 Å². The zero-order valence-corrected chi connectivity index (χ0v) is 12.1. The molecular formula is C15H17N5O2. The van der Waals surface area contributed by atoms with Gasteiger partial charge >= 0.3 is 5.69 Å². The van der Waals surface area contributed by atoms with E-state index < -0.39 is 0 Å². The van der Waals surface area contributed by atoms with Gasteiger partial charge in [-0.3, -0.25) is 20.0 Å². The van der Waals surface area contributed by atoms with Gasteiger partial charge in [0.2, 0.25) is 5.82 Å². The number of piperazine rings is 1. The Bertz CT molecular complexity index is 641. The predicted octanol–water partition coefficient (Wildman–Crippen LogP) is 1.71. The Morgan fingerprint density at radius 3 is 2.50 bits per heavy atom. The molecule has 0 aromatic carbocycles. The van der Waals surface area contributed by atoms with E-state index >= 15 is 0 Å². The van der Waals surface area contributed by atoms with Crippen molar-refractivity contribution >= 4 is 11.5 Å². The highest BCUT2D eigenvalue weighted by atomic mass is 16.6. The lowest BCUT2D eigenvalue weighted by molar-refractivity contribution is -0.384. The first-order valence-corrected chi connectivity index (χ1v) is 7.20. The van der Waals surface area contributed by atoms with Gasteiger partial charge in [-0.25, -0.2) is 4.98 Å². The summed E-state index contributed by atoms with van der Waals surface area (Å²) in [5.41, 5.74) is 1.11. The molecule has 1 saturated heterocycles. The van der Waals surface area contributed by atoms with E-state index in [9.17, 15) is 10.1 Å². The summed E-state index contributed by atoms with van der Waals surface area (Å²) in [6.45, 7) is 3.93. The molecule has 1 aliphatic heterocycles. The first-order chi connectivity index (χ1) is 10.7. The Balaban J connectivity index is 1.64. The molecule has 0 amide bonds. The largest absolute Gasteiger partial charge is 0.348 e. The molecule has 7 heteroatoms. The van der Waals surface area contributed by atoms with Gasteiger partial charge in [-0.15, -0.1) is 0 Å². The van der Waals surface area contributed by atoms with Gasteiger partial charge in [0.1, 0.15) is 0 Å². The molecule has 0 radical (unpaired) electrons. The van der Waals surface area contributed by atoms with Crippen LogP contribution in [0.2, 0.25) is 0 Å². The molecule has 2 aromatic rings. The maximum Gasteiger partial charge on any atom is 0.311 e. The van der Waals surface area contributed by atoms with Gasteiger partial charge < -0.3 is 4.90 Å². The summed E-state index contributed by atoms with van der Waals surface area (Å²) < 4.78 is 0. The van der Waals surface area contributed by atoms with Crippen LogP contribution in [0.1, 0.15) is 5.69 Å². The molecule has 0 aliphatic carbocycles. The van der Waals surface area contributed by atoms with Crippen LogP contribution < -0.4 is 4.90 Å². The SMILES string of the molecule is O=[N+]([O-])c1cccnc1N1CCN(Cc2ccccn2)CC1. The number of anilines is 1. The van der Waals surface area contributed by atoms with Gasteiger partial charge in [-0.2, -0.15) is 0 Å². The summed E-state index contributed by atoms with van der Waals surface area (Å²) in [7, 11) is 0. The Labute approximate surface area is 128 Å². The van der Waals surface area contributed by atoms with E-state index in [4.69, 9.17) is 0 Å². The minimum Gasteiger partial charge on any atom is -0.348 e. The van der Waals surface area contributed by atoms with Crippen LogP contribution >= 0.6 is 0 Å². The molecule has 22 heavy (non-hydrogen) atoms. The minimum absolute atomic E-state index is 0.0701. The summed E-state index contributed by atoms with van der Waals surface area (Å²) in [6, 6.07) is 9.00. The first kappa shape index (κ1) is 14.4. The molecule has 114 valence electrons. The number of pyridine rings is 2. The lowest BCUT2D eigenvalue weighted by Gasteiger charge is -2.34. The summed E-state index contributed by atoms with van der Waals surface area (Å²) in [5, 5.41) is 11.1. The normalized spacial score (nSPS) is 15.7. The molecule has 0 spiro atoms. The lowest BCUT2D eigenvalue weighted by atomic mass is 10.2. The molecular weight excluding hydrogens is 282 g/mol. The van der Waals surface area contributed by atoms with E-state index in [2.05, 4.69) is 14.9 Å². The second kappa shape index (κ2) is 6.48. The van der Waals surface area contributed by atoms with Crippen molar-refractivity contribution in [2.75, 3.05) is 31.1 Å². The number of rotatable bonds is 4. The average molecular weight is 299 g/mol. The fourth-order valence-electron chi connectivity index (χ4n) is 2.61. The fourth-order valence-corrected chi connectivity index (χ4v) is 2.61. The van der Waals surface area contributed by atoms with Gasteiger partial charge in [0.15, 0.2) is 0 Å². The quantitative estimate of drug-likeness (QED) is 0.632. The highest BCUT2D eigenvalue weighted by Gasteiger charge is 2.24. The highest BCUT2D eigenvalue weighted by Crippen LogP contribution is 2.25. The van der Waals surface area contributed by atoms with Gasteiger partial charge in [0.25, 0.3) is 0 Å². The second-order valence-corrected chi connectivity index (χ2v) is 5.19. The Kier molecular flexibility index (Phi) is 4.24. The van der Waals surface area contributed by atoms with E-state index in [0.29, 0.717) is 5.82 Å². The molecule has 1 fully saturated rings. The zero-order valence-electron chi connectivity index (χ0n) is 12.1. The van der Waals surface area contributed by atoms with E-state index in [1.54, 1.807) is 18.5 Å². The Morgan fingerprint density at radius 1 is 1.05 bits per heavy atom. The maximum atomic E-state index is 11.1. The molecule has 3 heterocycles. The fraction of sp³-hybridized carbons (Fsp3) is 0.333. The molecule has 0 bridgehead atoms. The molecule has 0 atom stereocenters. The van der Waals surface area contributed by atoms with Gasteiger partial charge in [-0.1, -0.05) is 6.07 Å². The van der Waals surface area contributed by atoms with E-state index in [0.717, 1.165) is 38.4 Å².